The van der Waals surface area contributed by atoms with Crippen molar-refractivity contribution < 1.29 is 0 Å². The molecule has 0 bridgehead atoms. The highest BCUT2D eigenvalue weighted by atomic mass is 31.0. The summed E-state index contributed by atoms with van der Waals surface area (Å²) in [5.74, 6) is 0. The predicted molar refractivity (Wildman–Crippen MR) is 44.4 cm³/mol. The van der Waals surface area contributed by atoms with E-state index in [1.807, 2.05) is 11.7 Å². The molecule has 0 saturated carbocycles. The first kappa shape index (κ1) is 7.74. The summed E-state index contributed by atoms with van der Waals surface area (Å²) in [6.45, 7) is 6.63. The third kappa shape index (κ3) is 1.57. The second-order valence-electron chi connectivity index (χ2n) is 3.53. The van der Waals surface area contributed by atoms with Gasteiger partial charge in [0.1, 0.15) is 0 Å². The summed E-state index contributed by atoms with van der Waals surface area (Å²) in [6.07, 6.45) is 2.10. The van der Waals surface area contributed by atoms with Crippen LogP contribution in [0.5, 0.6) is 0 Å². The van der Waals surface area contributed by atoms with Crippen molar-refractivity contribution in [1.29, 1.82) is 0 Å². The molecule has 0 aliphatic carbocycles. The van der Waals surface area contributed by atoms with Gasteiger partial charge in [-0.2, -0.15) is 4.86 Å². The van der Waals surface area contributed by atoms with Crippen LogP contribution in [-0.4, -0.2) is 9.54 Å². The van der Waals surface area contributed by atoms with Gasteiger partial charge in [-0.3, -0.25) is 4.68 Å². The van der Waals surface area contributed by atoms with E-state index in [1.54, 1.807) is 0 Å². The monoisotopic (exact) mass is 156 g/mol. The molecule has 1 aromatic rings. The summed E-state index contributed by atoms with van der Waals surface area (Å²) < 4.78 is 1.88. The molecule has 0 radical (unpaired) electrons. The lowest BCUT2D eigenvalue weighted by molar-refractivity contribution is 0.598. The zero-order valence-corrected chi connectivity index (χ0v) is 7.81. The second kappa shape index (κ2) is 2.35. The average Bonchev–Trinajstić information content (AvgIpc) is 2.11. The van der Waals surface area contributed by atoms with E-state index in [0.29, 0.717) is 0 Å². The first-order valence-corrected chi connectivity index (χ1v) is 4.21. The molecule has 0 aliphatic heterocycles. The fourth-order valence-corrected chi connectivity index (χ4v) is 1.50. The smallest absolute Gasteiger partial charge is 0.0665 e. The van der Waals surface area contributed by atoms with Crippen LogP contribution in [0.2, 0.25) is 0 Å². The molecular weight excluding hydrogens is 143 g/mol. The highest BCUT2D eigenvalue weighted by molar-refractivity contribution is 7.26. The van der Waals surface area contributed by atoms with Crippen molar-refractivity contribution in [3.05, 3.63) is 11.5 Å². The molecule has 0 saturated heterocycles. The van der Waals surface area contributed by atoms with Crippen LogP contribution in [0.3, 0.4) is 0 Å². The Morgan fingerprint density at radius 1 is 1.50 bits per heavy atom. The van der Waals surface area contributed by atoms with Crippen molar-refractivity contribution in [2.75, 3.05) is 0 Å². The van der Waals surface area contributed by atoms with Crippen LogP contribution in [0.1, 0.15) is 26.1 Å². The maximum absolute atomic E-state index is 4.20. The molecule has 56 valence electrons. The summed E-state index contributed by atoms with van der Waals surface area (Å²) >= 11 is 0. The van der Waals surface area contributed by atoms with E-state index in [2.05, 4.69) is 31.8 Å². The molecule has 1 aromatic heterocycles. The van der Waals surface area contributed by atoms with Gasteiger partial charge in [0.05, 0.1) is 8.35 Å². The molecule has 0 unspecified atom stereocenters. The van der Waals surface area contributed by atoms with Gasteiger partial charge in [0, 0.05) is 18.5 Å². The van der Waals surface area contributed by atoms with E-state index in [-0.39, 0.29) is 5.41 Å². The molecule has 0 N–H and O–H groups in total. The highest BCUT2D eigenvalue weighted by Crippen LogP contribution is 2.27. The van der Waals surface area contributed by atoms with Crippen LogP contribution < -0.4 is 0 Å². The Balaban J connectivity index is 2.96. The Morgan fingerprint density at radius 2 is 2.10 bits per heavy atom. The molecule has 3 heteroatoms. The summed E-state index contributed by atoms with van der Waals surface area (Å²) in [5, 5.41) is 1.38. The van der Waals surface area contributed by atoms with Crippen LogP contribution >= 0.6 is 8.35 Å². The minimum absolute atomic E-state index is 0.274. The zero-order chi connectivity index (χ0) is 7.78. The Bertz CT molecular complexity index is 222. The van der Waals surface area contributed by atoms with Crippen LogP contribution in [-0.2, 0) is 12.5 Å². The van der Waals surface area contributed by atoms with Crippen LogP contribution in [0.4, 0.5) is 0 Å². The van der Waals surface area contributed by atoms with Crippen LogP contribution in [0.25, 0.3) is 0 Å². The van der Waals surface area contributed by atoms with Crippen molar-refractivity contribution in [1.82, 2.24) is 9.54 Å². The number of rotatable bonds is 0. The molecule has 1 rings (SSSR count). The zero-order valence-electron chi connectivity index (χ0n) is 6.92. The summed E-state index contributed by atoms with van der Waals surface area (Å²) in [6, 6.07) is 0. The highest BCUT2D eigenvalue weighted by Gasteiger charge is 2.15. The van der Waals surface area contributed by atoms with Crippen LogP contribution in [0.15, 0.2) is 6.20 Å². The minimum atomic E-state index is 0.274. The lowest BCUT2D eigenvalue weighted by Gasteiger charge is -2.13. The molecule has 0 amide bonds. The molecule has 10 heavy (non-hydrogen) atoms. The fraction of sp³-hybridized carbons (Fsp3) is 0.714. The maximum atomic E-state index is 4.20. The quantitative estimate of drug-likeness (QED) is 0.563. The van der Waals surface area contributed by atoms with E-state index in [0.717, 1.165) is 8.35 Å². The third-order valence-corrected chi connectivity index (χ3v) is 2.74. The first-order valence-electron chi connectivity index (χ1n) is 3.37. The van der Waals surface area contributed by atoms with Crippen molar-refractivity contribution in [3.63, 3.8) is 0 Å². The fourth-order valence-electron chi connectivity index (χ4n) is 0.691. The van der Waals surface area contributed by atoms with Gasteiger partial charge in [0.2, 0.25) is 0 Å². The molecule has 1 heterocycles. The van der Waals surface area contributed by atoms with Gasteiger partial charge in [-0.25, -0.2) is 0 Å². The Hall–Kier alpha value is -0.360. The average molecular weight is 156 g/mol. The van der Waals surface area contributed by atoms with Crippen molar-refractivity contribution in [2.45, 2.75) is 26.2 Å². The van der Waals surface area contributed by atoms with Crippen molar-refractivity contribution >= 4 is 8.35 Å². The van der Waals surface area contributed by atoms with E-state index in [1.165, 1.54) is 5.30 Å². The number of aryl methyl sites for hydroxylation is 1. The lowest BCUT2D eigenvalue weighted by Crippen LogP contribution is -2.08. The minimum Gasteiger partial charge on any atom is -0.271 e. The van der Waals surface area contributed by atoms with Gasteiger partial charge in [-0.05, 0) is 5.41 Å². The van der Waals surface area contributed by atoms with Gasteiger partial charge in [-0.15, -0.1) is 0 Å². The molecule has 0 spiro atoms. The van der Waals surface area contributed by atoms with Gasteiger partial charge >= 0.3 is 0 Å². The van der Waals surface area contributed by atoms with Crippen LogP contribution in [0, 0.1) is 0 Å². The largest absolute Gasteiger partial charge is 0.271 e. The third-order valence-electron chi connectivity index (χ3n) is 1.37. The van der Waals surface area contributed by atoms with Gasteiger partial charge in [-0.1, -0.05) is 20.8 Å². The number of nitrogens with zero attached hydrogens (tertiary/aromatic N) is 2. The summed E-state index contributed by atoms with van der Waals surface area (Å²) in [4.78, 5) is 4.20. The SMILES string of the molecule is Cn1cc(C(C)(C)C)pn1. The van der Waals surface area contributed by atoms with E-state index in [9.17, 15) is 0 Å². The molecule has 0 aliphatic rings. The number of hydrogen-bond donors (Lipinski definition) is 0. The van der Waals surface area contributed by atoms with E-state index in [4.69, 9.17) is 0 Å². The molecule has 0 aromatic carbocycles. The van der Waals surface area contributed by atoms with E-state index >= 15 is 0 Å². The Morgan fingerprint density at radius 3 is 2.30 bits per heavy atom. The van der Waals surface area contributed by atoms with E-state index < -0.39 is 0 Å². The molecular formula is C7H13N2P. The standard InChI is InChI=1S/C7H13N2P/c1-7(2,3)6-5-9(4)8-10-6/h5H,1-4H3. The number of aromatic nitrogens is 2. The van der Waals surface area contributed by atoms with Gasteiger partial charge in [0.25, 0.3) is 0 Å². The predicted octanol–water partition coefficient (Wildman–Crippen LogP) is 2.30. The number of hydrogen-bond acceptors (Lipinski definition) is 1. The Kier molecular flexibility index (Phi) is 1.82. The van der Waals surface area contributed by atoms with Gasteiger partial charge < -0.3 is 0 Å². The molecule has 2 nitrogen and oxygen atoms in total. The second-order valence-corrected chi connectivity index (χ2v) is 4.39. The van der Waals surface area contributed by atoms with Gasteiger partial charge in [0.15, 0.2) is 0 Å². The first-order chi connectivity index (χ1) is 4.50. The normalized spacial score (nSPS) is 12.8. The summed E-state index contributed by atoms with van der Waals surface area (Å²) in [5.41, 5.74) is 0.274. The lowest BCUT2D eigenvalue weighted by atomic mass is 9.95. The molecule has 0 fully saturated rings. The molecule has 0 atom stereocenters. The van der Waals surface area contributed by atoms with Crippen molar-refractivity contribution in [3.8, 4) is 0 Å². The maximum Gasteiger partial charge on any atom is 0.0665 e. The Labute approximate surface area is 63.4 Å². The summed E-state index contributed by atoms with van der Waals surface area (Å²) in [7, 11) is 3.07. The van der Waals surface area contributed by atoms with Crippen molar-refractivity contribution in [2.24, 2.45) is 7.05 Å². The topological polar surface area (TPSA) is 17.8 Å².